The summed E-state index contributed by atoms with van der Waals surface area (Å²) in [7, 11) is 2.63. The van der Waals surface area contributed by atoms with E-state index in [0.29, 0.717) is 5.56 Å². The van der Waals surface area contributed by atoms with E-state index < -0.39 is 23.1 Å². The van der Waals surface area contributed by atoms with E-state index in [-0.39, 0.29) is 28.6 Å². The molecule has 0 saturated heterocycles. The van der Waals surface area contributed by atoms with Gasteiger partial charge in [-0.2, -0.15) is 0 Å². The van der Waals surface area contributed by atoms with Gasteiger partial charge >= 0.3 is 11.9 Å². The van der Waals surface area contributed by atoms with E-state index in [1.54, 1.807) is 0 Å². The van der Waals surface area contributed by atoms with Gasteiger partial charge in [0, 0.05) is 0 Å². The molecule has 0 aliphatic carbocycles. The maximum Gasteiger partial charge on any atom is 0.336 e. The number of rotatable bonds is 7. The first-order valence-corrected chi connectivity index (χ1v) is 7.91. The van der Waals surface area contributed by atoms with Gasteiger partial charge in [-0.05, 0) is 47.5 Å². The van der Waals surface area contributed by atoms with Crippen molar-refractivity contribution in [1.29, 1.82) is 0 Å². The highest BCUT2D eigenvalue weighted by Gasteiger charge is 2.21. The fourth-order valence-electron chi connectivity index (χ4n) is 2.41. The minimum Gasteiger partial charge on any atom is -0.508 e. The molecule has 2 rings (SSSR count). The molecule has 146 valence electrons. The van der Waals surface area contributed by atoms with Gasteiger partial charge in [-0.15, -0.1) is 0 Å². The molecule has 0 aliphatic heterocycles. The number of phenols is 2. The number of hydrogen-bond acceptors (Lipinski definition) is 6. The van der Waals surface area contributed by atoms with Gasteiger partial charge in [-0.1, -0.05) is 12.1 Å². The van der Waals surface area contributed by atoms with E-state index in [1.165, 1.54) is 56.7 Å². The first kappa shape index (κ1) is 20.4. The number of aromatic hydroxyl groups is 2. The van der Waals surface area contributed by atoms with Gasteiger partial charge < -0.3 is 29.9 Å². The van der Waals surface area contributed by atoms with Crippen LogP contribution in [0.1, 0.15) is 11.1 Å². The van der Waals surface area contributed by atoms with Crippen molar-refractivity contribution in [2.45, 2.75) is 0 Å². The third-order valence-corrected chi connectivity index (χ3v) is 3.77. The Morgan fingerprint density at radius 2 is 1.21 bits per heavy atom. The van der Waals surface area contributed by atoms with E-state index in [4.69, 9.17) is 9.47 Å². The molecule has 2 aromatic carbocycles. The average Bonchev–Trinajstić information content (AvgIpc) is 2.66. The van der Waals surface area contributed by atoms with Gasteiger partial charge in [0.1, 0.15) is 5.75 Å². The molecule has 0 spiro atoms. The van der Waals surface area contributed by atoms with Crippen molar-refractivity contribution in [3.8, 4) is 23.0 Å². The fourth-order valence-corrected chi connectivity index (χ4v) is 2.41. The summed E-state index contributed by atoms with van der Waals surface area (Å²) in [6, 6.07) is 8.30. The summed E-state index contributed by atoms with van der Waals surface area (Å²) in [6.45, 7) is 0. The summed E-state index contributed by atoms with van der Waals surface area (Å²) < 4.78 is 10.0. The Hall–Kier alpha value is -3.94. The minimum atomic E-state index is -1.46. The Morgan fingerprint density at radius 1 is 0.786 bits per heavy atom. The molecule has 0 unspecified atom stereocenters. The Labute approximate surface area is 160 Å². The molecular weight excluding hydrogens is 368 g/mol. The van der Waals surface area contributed by atoms with Gasteiger partial charge in [0.25, 0.3) is 0 Å². The normalized spacial score (nSPS) is 11.8. The predicted molar refractivity (Wildman–Crippen MR) is 101 cm³/mol. The van der Waals surface area contributed by atoms with Gasteiger partial charge in [0.15, 0.2) is 11.5 Å². The Morgan fingerprint density at radius 3 is 1.61 bits per heavy atom. The van der Waals surface area contributed by atoms with Crippen LogP contribution in [-0.2, 0) is 9.59 Å². The minimum absolute atomic E-state index is 0.00805. The van der Waals surface area contributed by atoms with Crippen LogP contribution in [0.5, 0.6) is 23.0 Å². The first-order chi connectivity index (χ1) is 13.3. The summed E-state index contributed by atoms with van der Waals surface area (Å²) in [6.07, 6.45) is 2.31. The van der Waals surface area contributed by atoms with Crippen molar-refractivity contribution in [3.05, 3.63) is 58.7 Å². The van der Waals surface area contributed by atoms with Crippen LogP contribution in [0.2, 0.25) is 0 Å². The lowest BCUT2D eigenvalue weighted by Crippen LogP contribution is -2.11. The van der Waals surface area contributed by atoms with Crippen LogP contribution in [0.25, 0.3) is 12.2 Å². The van der Waals surface area contributed by atoms with Crippen LogP contribution in [-0.4, -0.2) is 46.6 Å². The van der Waals surface area contributed by atoms with E-state index in [9.17, 15) is 30.0 Å². The van der Waals surface area contributed by atoms with Crippen LogP contribution in [0.4, 0.5) is 0 Å². The molecule has 8 nitrogen and oxygen atoms in total. The molecule has 0 aliphatic rings. The number of ether oxygens (including phenoxy) is 2. The maximum absolute atomic E-state index is 11.7. The van der Waals surface area contributed by atoms with Crippen LogP contribution in [0, 0.1) is 0 Å². The largest absolute Gasteiger partial charge is 0.508 e. The molecule has 0 heterocycles. The van der Waals surface area contributed by atoms with Crippen LogP contribution in [0.3, 0.4) is 0 Å². The maximum atomic E-state index is 11.7. The summed E-state index contributed by atoms with van der Waals surface area (Å²) in [5.41, 5.74) is -0.315. The fraction of sp³-hybridized carbons (Fsp3) is 0.100. The van der Waals surface area contributed by atoms with Crippen LogP contribution >= 0.6 is 0 Å². The topological polar surface area (TPSA) is 134 Å². The lowest BCUT2D eigenvalue weighted by molar-refractivity contribution is -0.136. The standard InChI is InChI=1S/C20H18O8/c1-27-16-9-12(10-17(28-2)18(16)22)8-15(20(25)26)14(19(23)24)7-11-3-5-13(21)6-4-11/h3-10,21-22H,1-2H3,(H,23,24)(H,25,26). The average molecular weight is 386 g/mol. The highest BCUT2D eigenvalue weighted by atomic mass is 16.5. The van der Waals surface area contributed by atoms with Crippen molar-refractivity contribution < 1.29 is 39.5 Å². The first-order valence-electron chi connectivity index (χ1n) is 7.91. The highest BCUT2D eigenvalue weighted by Crippen LogP contribution is 2.38. The Balaban J connectivity index is 2.63. The van der Waals surface area contributed by atoms with Crippen LogP contribution in [0.15, 0.2) is 47.5 Å². The van der Waals surface area contributed by atoms with Crippen molar-refractivity contribution >= 4 is 24.1 Å². The highest BCUT2D eigenvalue weighted by molar-refractivity contribution is 6.11. The zero-order valence-electron chi connectivity index (χ0n) is 15.0. The number of carboxylic acids is 2. The number of benzene rings is 2. The molecule has 8 heteroatoms. The SMILES string of the molecule is COc1cc(C=C(C(=O)O)C(=Cc2ccc(O)cc2)C(=O)O)cc(OC)c1O. The van der Waals surface area contributed by atoms with Gasteiger partial charge in [0.2, 0.25) is 5.75 Å². The van der Waals surface area contributed by atoms with Crippen LogP contribution < -0.4 is 9.47 Å². The smallest absolute Gasteiger partial charge is 0.336 e. The van der Waals surface area contributed by atoms with Crippen molar-refractivity contribution in [3.63, 3.8) is 0 Å². The van der Waals surface area contributed by atoms with E-state index >= 15 is 0 Å². The van der Waals surface area contributed by atoms with Crippen molar-refractivity contribution in [2.75, 3.05) is 14.2 Å². The molecule has 0 atom stereocenters. The zero-order chi connectivity index (χ0) is 20.8. The quantitative estimate of drug-likeness (QED) is 0.422. The van der Waals surface area contributed by atoms with Gasteiger partial charge in [-0.25, -0.2) is 9.59 Å². The monoisotopic (exact) mass is 386 g/mol. The molecule has 0 aromatic heterocycles. The second kappa shape index (κ2) is 8.63. The molecule has 0 amide bonds. The number of phenolic OH excluding ortho intramolecular Hbond substituents is 2. The van der Waals surface area contributed by atoms with Gasteiger partial charge in [0.05, 0.1) is 25.4 Å². The zero-order valence-corrected chi connectivity index (χ0v) is 15.0. The Bertz CT molecular complexity index is 930. The Kier molecular flexibility index (Phi) is 6.28. The lowest BCUT2D eigenvalue weighted by atomic mass is 10.00. The molecule has 0 saturated carbocycles. The third-order valence-electron chi connectivity index (χ3n) is 3.77. The number of carbonyl (C=O) groups is 2. The van der Waals surface area contributed by atoms with E-state index in [0.717, 1.165) is 6.08 Å². The summed E-state index contributed by atoms with van der Waals surface area (Å²) in [4.78, 5) is 23.4. The molecule has 2 aromatic rings. The summed E-state index contributed by atoms with van der Waals surface area (Å²) >= 11 is 0. The molecule has 0 fully saturated rings. The predicted octanol–water partition coefficient (Wildman–Crippen LogP) is 2.75. The molecule has 28 heavy (non-hydrogen) atoms. The van der Waals surface area contributed by atoms with Gasteiger partial charge in [-0.3, -0.25) is 0 Å². The number of aliphatic carboxylic acids is 2. The number of methoxy groups -OCH3 is 2. The second-order valence-electron chi connectivity index (χ2n) is 5.59. The summed E-state index contributed by atoms with van der Waals surface area (Å²) in [5.74, 6) is -3.11. The van der Waals surface area contributed by atoms with Crippen molar-refractivity contribution in [1.82, 2.24) is 0 Å². The molecule has 0 bridgehead atoms. The number of hydrogen-bond donors (Lipinski definition) is 4. The molecule has 0 radical (unpaired) electrons. The van der Waals surface area contributed by atoms with E-state index in [1.807, 2.05) is 0 Å². The molecule has 4 N–H and O–H groups in total. The lowest BCUT2D eigenvalue weighted by Gasteiger charge is -2.10. The second-order valence-corrected chi connectivity index (χ2v) is 5.59. The third kappa shape index (κ3) is 4.61. The van der Waals surface area contributed by atoms with Crippen molar-refractivity contribution in [2.24, 2.45) is 0 Å². The number of carboxylic acid groups (broad SMARTS) is 2. The summed E-state index contributed by atoms with van der Waals surface area (Å²) in [5, 5.41) is 38.4. The molecular formula is C20H18O8. The van der Waals surface area contributed by atoms with E-state index in [2.05, 4.69) is 0 Å².